The molecular weight excluding hydrogens is 326 g/mol. The molecule has 2 saturated heterocycles. The molecule has 3 heterocycles. The van der Waals surface area contributed by atoms with E-state index in [0.29, 0.717) is 11.3 Å². The van der Waals surface area contributed by atoms with E-state index in [1.165, 1.54) is 11.8 Å². The van der Waals surface area contributed by atoms with Gasteiger partial charge in [0.05, 0.1) is 12.2 Å². The first-order chi connectivity index (χ1) is 12.7. The number of amides is 1. The summed E-state index contributed by atoms with van der Waals surface area (Å²) in [6.45, 7) is 0.0818. The second-order valence-corrected chi connectivity index (χ2v) is 7.39. The number of carbonyl (C=O) groups excluding carboxylic acids is 1. The number of benzene rings is 1. The van der Waals surface area contributed by atoms with Crippen LogP contribution in [0.25, 0.3) is 0 Å². The largest absolute Gasteiger partial charge is 0.396 e. The Morgan fingerprint density at radius 2 is 2.08 bits per heavy atom. The summed E-state index contributed by atoms with van der Waals surface area (Å²) in [6.07, 6.45) is 5.00. The van der Waals surface area contributed by atoms with Crippen molar-refractivity contribution in [3.63, 3.8) is 0 Å². The van der Waals surface area contributed by atoms with Gasteiger partial charge in [-0.15, -0.1) is 0 Å². The highest BCUT2D eigenvalue weighted by Gasteiger charge is 2.57. The first-order valence-corrected chi connectivity index (χ1v) is 9.00. The lowest BCUT2D eigenvalue weighted by Crippen LogP contribution is -2.44. The van der Waals surface area contributed by atoms with Gasteiger partial charge in [0.25, 0.3) is 5.91 Å². The summed E-state index contributed by atoms with van der Waals surface area (Å²) in [5.74, 6) is -0.0436. The number of nitriles is 1. The average molecular weight is 347 g/mol. The van der Waals surface area contributed by atoms with Crippen LogP contribution in [-0.2, 0) is 6.42 Å². The monoisotopic (exact) mass is 347 g/mol. The number of rotatable bonds is 4. The van der Waals surface area contributed by atoms with Gasteiger partial charge in [-0.1, -0.05) is 30.3 Å². The molecule has 1 aromatic heterocycles. The van der Waals surface area contributed by atoms with E-state index in [1.54, 1.807) is 12.1 Å². The molecule has 0 radical (unpaired) electrons. The molecule has 1 aromatic carbocycles. The third-order valence-corrected chi connectivity index (χ3v) is 5.92. The molecule has 2 aliphatic rings. The van der Waals surface area contributed by atoms with E-state index in [1.807, 2.05) is 29.2 Å². The molecule has 1 amide bonds. The van der Waals surface area contributed by atoms with E-state index >= 15 is 0 Å². The standard InChI is InChI=1S/C21H21N3O2/c22-12-17-7-6-16(13-23-17)20(26)24-18-8-9-19(24)21(11-18,14-25)10-15-4-2-1-3-5-15/h1-7,13,18-19,25H,8-11,14H2/t18-,19+,21-/m0/s1. The second kappa shape index (κ2) is 6.54. The van der Waals surface area contributed by atoms with Gasteiger partial charge in [-0.3, -0.25) is 4.79 Å². The van der Waals surface area contributed by atoms with Crippen LogP contribution in [0.2, 0.25) is 0 Å². The summed E-state index contributed by atoms with van der Waals surface area (Å²) in [4.78, 5) is 19.1. The van der Waals surface area contributed by atoms with Crippen molar-refractivity contribution in [2.45, 2.75) is 37.8 Å². The highest BCUT2D eigenvalue weighted by atomic mass is 16.3. The Bertz CT molecular complexity index is 844. The maximum atomic E-state index is 13.1. The highest BCUT2D eigenvalue weighted by Crippen LogP contribution is 2.51. The molecule has 0 unspecified atom stereocenters. The molecule has 3 atom stereocenters. The van der Waals surface area contributed by atoms with Crippen molar-refractivity contribution in [2.75, 3.05) is 6.61 Å². The van der Waals surface area contributed by atoms with Gasteiger partial charge in [0.2, 0.25) is 0 Å². The average Bonchev–Trinajstić information content (AvgIpc) is 3.24. The van der Waals surface area contributed by atoms with Crippen LogP contribution in [0.1, 0.15) is 40.9 Å². The number of fused-ring (bicyclic) bond motifs is 2. The fraction of sp³-hybridized carbons (Fsp3) is 0.381. The molecule has 1 N–H and O–H groups in total. The zero-order valence-electron chi connectivity index (χ0n) is 14.5. The summed E-state index contributed by atoms with van der Waals surface area (Å²) in [7, 11) is 0. The molecule has 132 valence electrons. The lowest BCUT2D eigenvalue weighted by atomic mass is 9.70. The first-order valence-electron chi connectivity index (χ1n) is 9.00. The minimum atomic E-state index is -0.278. The minimum Gasteiger partial charge on any atom is -0.396 e. The molecule has 0 aliphatic carbocycles. The van der Waals surface area contributed by atoms with Crippen LogP contribution >= 0.6 is 0 Å². The van der Waals surface area contributed by atoms with Crippen LogP contribution in [0.15, 0.2) is 48.7 Å². The van der Waals surface area contributed by atoms with Crippen molar-refractivity contribution in [2.24, 2.45) is 5.41 Å². The fourth-order valence-electron chi connectivity index (χ4n) is 4.75. The zero-order chi connectivity index (χ0) is 18.1. The minimum absolute atomic E-state index is 0.0425. The number of hydrogen-bond acceptors (Lipinski definition) is 4. The van der Waals surface area contributed by atoms with Crippen molar-refractivity contribution in [3.8, 4) is 6.07 Å². The highest BCUT2D eigenvalue weighted by molar-refractivity contribution is 5.95. The van der Waals surface area contributed by atoms with E-state index in [9.17, 15) is 9.90 Å². The Hall–Kier alpha value is -2.71. The molecule has 0 spiro atoms. The number of pyridine rings is 1. The number of hydrogen-bond donors (Lipinski definition) is 1. The van der Waals surface area contributed by atoms with Gasteiger partial charge in [-0.05, 0) is 43.4 Å². The van der Waals surface area contributed by atoms with Crippen LogP contribution in [0.3, 0.4) is 0 Å². The van der Waals surface area contributed by atoms with Gasteiger partial charge >= 0.3 is 0 Å². The van der Waals surface area contributed by atoms with E-state index in [0.717, 1.165) is 25.7 Å². The summed E-state index contributed by atoms with van der Waals surface area (Å²) < 4.78 is 0. The predicted molar refractivity (Wildman–Crippen MR) is 96.2 cm³/mol. The summed E-state index contributed by atoms with van der Waals surface area (Å²) >= 11 is 0. The Balaban J connectivity index is 1.60. The molecule has 4 rings (SSSR count). The normalized spacial score (nSPS) is 26.7. The second-order valence-electron chi connectivity index (χ2n) is 7.39. The molecule has 5 nitrogen and oxygen atoms in total. The predicted octanol–water partition coefficient (Wildman–Crippen LogP) is 2.55. The van der Waals surface area contributed by atoms with Gasteiger partial charge in [0, 0.05) is 23.7 Å². The van der Waals surface area contributed by atoms with Gasteiger partial charge in [0.15, 0.2) is 0 Å². The molecular formula is C21H21N3O2. The summed E-state index contributed by atoms with van der Waals surface area (Å²) in [5.41, 5.74) is 1.73. The molecule has 2 bridgehead atoms. The SMILES string of the molecule is N#Cc1ccc(C(=O)N2[C@H]3CC[C@@H]2[C@@](CO)(Cc2ccccc2)C3)cn1. The smallest absolute Gasteiger partial charge is 0.255 e. The topological polar surface area (TPSA) is 77.2 Å². The van der Waals surface area contributed by atoms with Crippen molar-refractivity contribution < 1.29 is 9.90 Å². The number of carbonyl (C=O) groups is 1. The molecule has 2 aromatic rings. The quantitative estimate of drug-likeness (QED) is 0.922. The maximum Gasteiger partial charge on any atom is 0.255 e. The van der Waals surface area contributed by atoms with Crippen molar-refractivity contribution >= 4 is 5.91 Å². The van der Waals surface area contributed by atoms with E-state index in [-0.39, 0.29) is 30.0 Å². The van der Waals surface area contributed by atoms with Crippen molar-refractivity contribution in [3.05, 3.63) is 65.5 Å². The Kier molecular flexibility index (Phi) is 4.21. The fourth-order valence-corrected chi connectivity index (χ4v) is 4.75. The lowest BCUT2D eigenvalue weighted by molar-refractivity contribution is 0.0571. The van der Waals surface area contributed by atoms with Gasteiger partial charge in [-0.25, -0.2) is 4.98 Å². The third-order valence-electron chi connectivity index (χ3n) is 5.92. The van der Waals surface area contributed by atoms with Crippen LogP contribution in [0.5, 0.6) is 0 Å². The molecule has 2 fully saturated rings. The molecule has 0 saturated carbocycles. The molecule has 26 heavy (non-hydrogen) atoms. The Morgan fingerprint density at radius 1 is 1.27 bits per heavy atom. The first kappa shape index (κ1) is 16.7. The Labute approximate surface area is 152 Å². The third kappa shape index (κ3) is 2.67. The van der Waals surface area contributed by atoms with Crippen LogP contribution in [-0.4, -0.2) is 39.6 Å². The maximum absolute atomic E-state index is 13.1. The van der Waals surface area contributed by atoms with Crippen LogP contribution < -0.4 is 0 Å². The van der Waals surface area contributed by atoms with E-state index in [2.05, 4.69) is 17.1 Å². The lowest BCUT2D eigenvalue weighted by Gasteiger charge is -2.36. The van der Waals surface area contributed by atoms with Crippen LogP contribution in [0, 0.1) is 16.7 Å². The molecule has 5 heteroatoms. The summed E-state index contributed by atoms with van der Waals surface area (Å²) in [6, 6.07) is 15.6. The Morgan fingerprint density at radius 3 is 2.73 bits per heavy atom. The number of aromatic nitrogens is 1. The summed E-state index contributed by atoms with van der Waals surface area (Å²) in [5, 5.41) is 19.1. The van der Waals surface area contributed by atoms with Gasteiger partial charge in [0.1, 0.15) is 11.8 Å². The number of aliphatic hydroxyl groups is 1. The van der Waals surface area contributed by atoms with Gasteiger partial charge in [-0.2, -0.15) is 5.26 Å². The number of nitrogens with zero attached hydrogens (tertiary/aromatic N) is 3. The van der Waals surface area contributed by atoms with Crippen LogP contribution in [0.4, 0.5) is 0 Å². The van der Waals surface area contributed by atoms with Crippen molar-refractivity contribution in [1.82, 2.24) is 9.88 Å². The number of aliphatic hydroxyl groups excluding tert-OH is 1. The molecule has 2 aliphatic heterocycles. The van der Waals surface area contributed by atoms with E-state index in [4.69, 9.17) is 5.26 Å². The van der Waals surface area contributed by atoms with E-state index < -0.39 is 0 Å². The zero-order valence-corrected chi connectivity index (χ0v) is 14.5. The van der Waals surface area contributed by atoms with Crippen molar-refractivity contribution in [1.29, 1.82) is 5.26 Å². The van der Waals surface area contributed by atoms with Gasteiger partial charge < -0.3 is 10.0 Å².